The molecule has 4 aliphatic rings. The predicted octanol–water partition coefficient (Wildman–Crippen LogP) is 12.9. The van der Waals surface area contributed by atoms with Crippen LogP contribution in [0.1, 0.15) is 189 Å². The molecular formula is C51H94N2O7P+. The van der Waals surface area contributed by atoms with Crippen molar-refractivity contribution in [3.05, 3.63) is 23.8 Å². The molecule has 10 heteroatoms. The Balaban J connectivity index is 1.30. The Morgan fingerprint density at radius 3 is 2.23 bits per heavy atom. The lowest BCUT2D eigenvalue weighted by molar-refractivity contribution is -0.870. The molecule has 3 N–H and O–H groups in total. The van der Waals surface area contributed by atoms with Gasteiger partial charge in [0.2, 0.25) is 0 Å². The van der Waals surface area contributed by atoms with E-state index in [1.807, 2.05) is 27.2 Å². The first kappa shape index (κ1) is 52.4. The highest BCUT2D eigenvalue weighted by Crippen LogP contribution is 2.67. The number of quaternary nitrogens is 1. The maximum Gasteiger partial charge on any atom is 0.472 e. The van der Waals surface area contributed by atoms with Gasteiger partial charge in [0.15, 0.2) is 0 Å². The number of hydrogen-bond donors (Lipinski definition) is 3. The van der Waals surface area contributed by atoms with Gasteiger partial charge in [-0.05, 0) is 104 Å². The van der Waals surface area contributed by atoms with Gasteiger partial charge in [-0.25, -0.2) is 9.36 Å². The second-order valence-corrected chi connectivity index (χ2v) is 23.6. The summed E-state index contributed by atoms with van der Waals surface area (Å²) >= 11 is 0. The molecule has 0 aromatic heterocycles. The monoisotopic (exact) mass is 878 g/mol. The third kappa shape index (κ3) is 16.3. The van der Waals surface area contributed by atoms with E-state index >= 15 is 0 Å². The van der Waals surface area contributed by atoms with Gasteiger partial charge in [0.1, 0.15) is 19.3 Å². The zero-order chi connectivity index (χ0) is 44.7. The van der Waals surface area contributed by atoms with Crippen LogP contribution in [-0.4, -0.2) is 79.7 Å². The standard InChI is InChI=1S/C51H93N2O7P/c1-10-11-12-13-14-15-16-17-18-19-20-21-22-26-48(54)47(38-59-61(56,57)58-36-35-53(7,8)9)52-49(55)60-42-31-33-50(5)41(37-42)27-28-43-45-30-29-44(40(4)25-23-24-39(2)3)51(45,6)34-32-46(43)50/h22,26-27,39-40,42-48,54H,10-21,23-25,28-38H2,1-9H3,(H-,52,55,56,57)/p+1/t40-,42?,43?,44-,45?,46?,47?,48?,50+,51-/m1/s1. The topological polar surface area (TPSA) is 114 Å². The summed E-state index contributed by atoms with van der Waals surface area (Å²) in [7, 11) is 1.49. The fraction of sp³-hybridized carbons (Fsp3) is 0.902. The Bertz CT molecular complexity index is 1410. The molecule has 3 saturated carbocycles. The Morgan fingerprint density at radius 1 is 0.902 bits per heavy atom. The highest BCUT2D eigenvalue weighted by Gasteiger charge is 2.59. The SMILES string of the molecule is CCCCCCCCCCCCCC=CC(O)C(COP(=O)(O)OCC[N+](C)(C)C)NC(=O)OC1CC[C@@]2(C)C(=CCC3C2CC[C@@]2(C)C3CC[C@@H]2[C@H](C)CCCC(C)C)C1. The molecule has 354 valence electrons. The Hall–Kier alpha value is -1.22. The maximum atomic E-state index is 13.5. The molecule has 3 fully saturated rings. The molecule has 4 aliphatic carbocycles. The average Bonchev–Trinajstić information content (AvgIpc) is 3.55. The number of hydrogen-bond acceptors (Lipinski definition) is 6. The van der Waals surface area contributed by atoms with Crippen LogP contribution in [0.2, 0.25) is 0 Å². The van der Waals surface area contributed by atoms with Crippen LogP contribution in [0.4, 0.5) is 4.79 Å². The van der Waals surface area contributed by atoms with E-state index in [-0.39, 0.29) is 18.1 Å². The molecule has 0 radical (unpaired) electrons. The molecule has 0 aliphatic heterocycles. The summed E-state index contributed by atoms with van der Waals surface area (Å²) in [5.41, 5.74) is 2.05. The number of fused-ring (bicyclic) bond motifs is 5. The van der Waals surface area contributed by atoms with E-state index in [9.17, 15) is 19.4 Å². The second-order valence-electron chi connectivity index (χ2n) is 22.2. The number of likely N-dealkylation sites (N-methyl/N-ethyl adjacent to an activating group) is 1. The summed E-state index contributed by atoms with van der Waals surface area (Å²) < 4.78 is 30.1. The van der Waals surface area contributed by atoms with Gasteiger partial charge >= 0.3 is 13.9 Å². The van der Waals surface area contributed by atoms with Crippen molar-refractivity contribution in [2.75, 3.05) is 40.9 Å². The summed E-state index contributed by atoms with van der Waals surface area (Å²) in [5, 5.41) is 14.0. The number of phosphoric ester groups is 1. The number of phosphoric acid groups is 1. The number of unbranched alkanes of at least 4 members (excludes halogenated alkanes) is 11. The summed E-state index contributed by atoms with van der Waals surface area (Å²) in [6.45, 7) is 14.8. The summed E-state index contributed by atoms with van der Waals surface area (Å²) in [6.07, 6.45) is 32.0. The number of aliphatic hydroxyl groups is 1. The molecule has 4 rings (SSSR count). The number of carbonyl (C=O) groups excluding carboxylic acids is 1. The number of rotatable bonds is 28. The van der Waals surface area contributed by atoms with Crippen LogP contribution < -0.4 is 5.32 Å². The summed E-state index contributed by atoms with van der Waals surface area (Å²) in [6, 6.07) is -0.989. The smallest absolute Gasteiger partial charge is 0.446 e. The van der Waals surface area contributed by atoms with E-state index in [1.54, 1.807) is 6.08 Å². The summed E-state index contributed by atoms with van der Waals surface area (Å²) in [5.74, 6) is 4.66. The highest BCUT2D eigenvalue weighted by atomic mass is 31.2. The lowest BCUT2D eigenvalue weighted by atomic mass is 9.47. The number of alkyl carbamates (subject to hydrolysis) is 1. The lowest BCUT2D eigenvalue weighted by Crippen LogP contribution is -2.51. The van der Waals surface area contributed by atoms with Crippen LogP contribution in [0.15, 0.2) is 23.8 Å². The van der Waals surface area contributed by atoms with Gasteiger partial charge in [0, 0.05) is 6.42 Å². The quantitative estimate of drug-likeness (QED) is 0.0310. The molecule has 0 bridgehead atoms. The molecular weight excluding hydrogens is 784 g/mol. The van der Waals surface area contributed by atoms with Crippen molar-refractivity contribution in [2.24, 2.45) is 46.3 Å². The Labute approximate surface area is 374 Å². The molecule has 0 saturated heterocycles. The molecule has 61 heavy (non-hydrogen) atoms. The van der Waals surface area contributed by atoms with Crippen LogP contribution in [0.3, 0.4) is 0 Å². The van der Waals surface area contributed by atoms with E-state index in [2.05, 4.69) is 52.9 Å². The minimum absolute atomic E-state index is 0.0369. The Kier molecular flexibility index (Phi) is 21.4. The van der Waals surface area contributed by atoms with Crippen LogP contribution >= 0.6 is 7.82 Å². The average molecular weight is 878 g/mol. The van der Waals surface area contributed by atoms with Crippen molar-refractivity contribution in [3.63, 3.8) is 0 Å². The molecule has 1 amide bonds. The highest BCUT2D eigenvalue weighted by molar-refractivity contribution is 7.47. The number of carbonyl (C=O) groups is 1. The fourth-order valence-corrected chi connectivity index (χ4v) is 13.0. The van der Waals surface area contributed by atoms with Crippen molar-refractivity contribution < 1.29 is 37.6 Å². The van der Waals surface area contributed by atoms with Crippen LogP contribution in [-0.2, 0) is 18.3 Å². The number of allylic oxidation sites excluding steroid dienone is 2. The first-order chi connectivity index (χ1) is 28.9. The number of nitrogens with one attached hydrogen (secondary N) is 1. The van der Waals surface area contributed by atoms with E-state index < -0.39 is 32.7 Å². The number of aliphatic hydroxyl groups excluding tert-OH is 1. The van der Waals surface area contributed by atoms with E-state index in [4.69, 9.17) is 13.8 Å². The van der Waals surface area contributed by atoms with Crippen molar-refractivity contribution in [2.45, 2.75) is 207 Å². The maximum absolute atomic E-state index is 13.5. The fourth-order valence-electron chi connectivity index (χ4n) is 12.3. The van der Waals surface area contributed by atoms with Gasteiger partial charge in [-0.1, -0.05) is 149 Å². The first-order valence-corrected chi connectivity index (χ1v) is 26.8. The van der Waals surface area contributed by atoms with E-state index in [1.165, 1.54) is 108 Å². The second kappa shape index (κ2) is 24.9. The van der Waals surface area contributed by atoms with E-state index in [0.29, 0.717) is 22.4 Å². The molecule has 9 nitrogen and oxygen atoms in total. The van der Waals surface area contributed by atoms with Gasteiger partial charge in [-0.3, -0.25) is 9.05 Å². The van der Waals surface area contributed by atoms with Crippen LogP contribution in [0, 0.1) is 46.3 Å². The van der Waals surface area contributed by atoms with Gasteiger partial charge < -0.3 is 24.5 Å². The van der Waals surface area contributed by atoms with E-state index in [0.717, 1.165) is 74.5 Å². The number of nitrogens with zero attached hydrogens (tertiary/aromatic N) is 1. The lowest BCUT2D eigenvalue weighted by Gasteiger charge is -2.58. The van der Waals surface area contributed by atoms with Gasteiger partial charge in [0.25, 0.3) is 0 Å². The first-order valence-electron chi connectivity index (χ1n) is 25.3. The van der Waals surface area contributed by atoms with Crippen molar-refractivity contribution >= 4 is 13.9 Å². The van der Waals surface area contributed by atoms with Crippen molar-refractivity contribution in [3.8, 4) is 0 Å². The molecule has 7 unspecified atom stereocenters. The van der Waals surface area contributed by atoms with Crippen LogP contribution in [0.5, 0.6) is 0 Å². The largest absolute Gasteiger partial charge is 0.472 e. The minimum Gasteiger partial charge on any atom is -0.446 e. The number of amides is 1. The zero-order valence-corrected chi connectivity index (χ0v) is 41.5. The molecule has 11 atom stereocenters. The minimum atomic E-state index is -4.42. The third-order valence-corrected chi connectivity index (χ3v) is 17.0. The van der Waals surface area contributed by atoms with Gasteiger partial charge in [-0.15, -0.1) is 0 Å². The van der Waals surface area contributed by atoms with Crippen molar-refractivity contribution in [1.29, 1.82) is 0 Å². The Morgan fingerprint density at radius 2 is 1.57 bits per heavy atom. The normalized spacial score (nSPS) is 30.2. The molecule has 0 heterocycles. The third-order valence-electron chi connectivity index (χ3n) is 16.0. The van der Waals surface area contributed by atoms with Gasteiger partial charge in [-0.2, -0.15) is 0 Å². The molecule has 0 aromatic carbocycles. The summed E-state index contributed by atoms with van der Waals surface area (Å²) in [4.78, 5) is 24.0. The van der Waals surface area contributed by atoms with Crippen molar-refractivity contribution in [1.82, 2.24) is 5.32 Å². The zero-order valence-electron chi connectivity index (χ0n) is 40.6. The molecule has 0 spiro atoms. The number of ether oxygens (including phenoxy) is 1. The predicted molar refractivity (Wildman–Crippen MR) is 251 cm³/mol. The molecule has 0 aromatic rings. The van der Waals surface area contributed by atoms with Gasteiger partial charge in [0.05, 0.1) is 39.9 Å². The van der Waals surface area contributed by atoms with Crippen LogP contribution in [0.25, 0.3) is 0 Å².